The van der Waals surface area contributed by atoms with Crippen LogP contribution < -0.4 is 5.73 Å². The molecule has 126 valence electrons. The van der Waals surface area contributed by atoms with Gasteiger partial charge in [0.25, 0.3) is 5.91 Å². The molecule has 1 amide bonds. The molecule has 0 saturated carbocycles. The second-order valence-corrected chi connectivity index (χ2v) is 5.85. The van der Waals surface area contributed by atoms with Crippen LogP contribution in [0.1, 0.15) is 22.2 Å². The number of hydrogen-bond donors (Lipinski definition) is 1. The first kappa shape index (κ1) is 15.5. The van der Waals surface area contributed by atoms with Gasteiger partial charge in [-0.2, -0.15) is 0 Å². The lowest BCUT2D eigenvalue weighted by Crippen LogP contribution is -2.42. The van der Waals surface area contributed by atoms with Gasteiger partial charge in [0, 0.05) is 36.1 Å². The summed E-state index contributed by atoms with van der Waals surface area (Å²) in [6, 6.07) is 9.34. The number of pyridine rings is 1. The Morgan fingerprint density at radius 2 is 2.04 bits per heavy atom. The van der Waals surface area contributed by atoms with E-state index in [1.54, 1.807) is 23.4 Å². The van der Waals surface area contributed by atoms with E-state index in [9.17, 15) is 4.79 Å². The first-order chi connectivity index (χ1) is 12.2. The lowest BCUT2D eigenvalue weighted by molar-refractivity contribution is -0.0245. The molecular formula is C18H17N5O2. The third-order valence-corrected chi connectivity index (χ3v) is 4.26. The van der Waals surface area contributed by atoms with Gasteiger partial charge >= 0.3 is 0 Å². The quantitative estimate of drug-likeness (QED) is 0.768. The Kier molecular flexibility index (Phi) is 3.99. The highest BCUT2D eigenvalue weighted by molar-refractivity contribution is 5.98. The Labute approximate surface area is 144 Å². The van der Waals surface area contributed by atoms with Crippen LogP contribution in [-0.2, 0) is 4.74 Å². The van der Waals surface area contributed by atoms with Crippen molar-refractivity contribution in [2.24, 2.45) is 0 Å². The zero-order valence-corrected chi connectivity index (χ0v) is 13.5. The first-order valence-corrected chi connectivity index (χ1v) is 8.04. The number of hydrogen-bond acceptors (Lipinski definition) is 6. The number of anilines is 1. The van der Waals surface area contributed by atoms with Crippen LogP contribution in [0, 0.1) is 0 Å². The third kappa shape index (κ3) is 3.01. The first-order valence-electron chi connectivity index (χ1n) is 8.04. The molecule has 2 N–H and O–H groups in total. The van der Waals surface area contributed by atoms with Gasteiger partial charge in [-0.25, -0.2) is 4.98 Å². The smallest absolute Gasteiger partial charge is 0.254 e. The van der Waals surface area contributed by atoms with Crippen LogP contribution >= 0.6 is 0 Å². The topological polar surface area (TPSA) is 94.2 Å². The molecule has 1 fully saturated rings. The van der Waals surface area contributed by atoms with E-state index < -0.39 is 0 Å². The predicted molar refractivity (Wildman–Crippen MR) is 92.8 cm³/mol. The number of carbonyl (C=O) groups is 1. The number of fused-ring (bicyclic) bond motifs is 1. The molecule has 1 aromatic carbocycles. The average molecular weight is 335 g/mol. The van der Waals surface area contributed by atoms with E-state index in [1.807, 2.05) is 24.3 Å². The predicted octanol–water partition coefficient (Wildman–Crippen LogP) is 1.82. The monoisotopic (exact) mass is 335 g/mol. The molecule has 0 bridgehead atoms. The van der Waals surface area contributed by atoms with Gasteiger partial charge in [0.2, 0.25) is 0 Å². The normalized spacial score (nSPS) is 17.6. The van der Waals surface area contributed by atoms with Gasteiger partial charge in [-0.15, -0.1) is 0 Å². The minimum Gasteiger partial charge on any atom is -0.382 e. The number of rotatable bonds is 2. The molecule has 1 atom stereocenters. The number of aromatic nitrogens is 3. The molecule has 1 saturated heterocycles. The van der Waals surface area contributed by atoms with E-state index in [-0.39, 0.29) is 12.0 Å². The highest BCUT2D eigenvalue weighted by Crippen LogP contribution is 2.25. The third-order valence-electron chi connectivity index (χ3n) is 4.26. The number of benzene rings is 1. The summed E-state index contributed by atoms with van der Waals surface area (Å²) in [6.45, 7) is 1.36. The maximum atomic E-state index is 12.9. The van der Waals surface area contributed by atoms with Crippen molar-refractivity contribution in [3.8, 4) is 0 Å². The maximum Gasteiger partial charge on any atom is 0.254 e. The van der Waals surface area contributed by atoms with Crippen molar-refractivity contribution in [3.63, 3.8) is 0 Å². The standard InChI is InChI=1S/C18H17N5O2/c19-17-16(21-6-7-22-17)15-11-23(8-9-25-15)18(24)13-3-4-14-12(10-13)2-1-5-20-14/h1-7,10,15H,8-9,11H2,(H2,19,22)/t15-/m0/s1. The van der Waals surface area contributed by atoms with E-state index >= 15 is 0 Å². The van der Waals surface area contributed by atoms with Crippen molar-refractivity contribution in [3.05, 3.63) is 60.2 Å². The zero-order valence-electron chi connectivity index (χ0n) is 13.5. The zero-order chi connectivity index (χ0) is 17.2. The number of amides is 1. The van der Waals surface area contributed by atoms with E-state index in [0.29, 0.717) is 36.8 Å². The summed E-state index contributed by atoms with van der Waals surface area (Å²) in [7, 11) is 0. The molecule has 0 spiro atoms. The highest BCUT2D eigenvalue weighted by Gasteiger charge is 2.28. The van der Waals surface area contributed by atoms with Crippen LogP contribution in [0.4, 0.5) is 5.82 Å². The summed E-state index contributed by atoms with van der Waals surface area (Å²) in [4.78, 5) is 27.2. The fourth-order valence-corrected chi connectivity index (χ4v) is 3.00. The van der Waals surface area contributed by atoms with E-state index in [2.05, 4.69) is 15.0 Å². The molecule has 0 unspecified atom stereocenters. The van der Waals surface area contributed by atoms with Gasteiger partial charge in [0.05, 0.1) is 18.7 Å². The van der Waals surface area contributed by atoms with E-state index in [0.717, 1.165) is 10.9 Å². The Bertz CT molecular complexity index is 930. The minimum atomic E-state index is -0.367. The van der Waals surface area contributed by atoms with Crippen molar-refractivity contribution in [1.29, 1.82) is 0 Å². The number of nitrogen functional groups attached to an aromatic ring is 1. The van der Waals surface area contributed by atoms with Crippen molar-refractivity contribution in [2.45, 2.75) is 6.10 Å². The van der Waals surface area contributed by atoms with Gasteiger partial charge in [-0.1, -0.05) is 6.07 Å². The number of nitrogens with two attached hydrogens (primary N) is 1. The van der Waals surface area contributed by atoms with Crippen LogP contribution in [0.15, 0.2) is 48.9 Å². The number of ether oxygens (including phenoxy) is 1. The molecule has 7 heteroatoms. The second kappa shape index (κ2) is 6.45. The van der Waals surface area contributed by atoms with Gasteiger partial charge in [0.1, 0.15) is 17.6 Å². The molecule has 3 aromatic rings. The van der Waals surface area contributed by atoms with Gasteiger partial charge in [-0.3, -0.25) is 14.8 Å². The average Bonchev–Trinajstić information content (AvgIpc) is 2.67. The minimum absolute atomic E-state index is 0.0403. The number of nitrogens with zero attached hydrogens (tertiary/aromatic N) is 4. The summed E-state index contributed by atoms with van der Waals surface area (Å²) in [5.74, 6) is 0.292. The lowest BCUT2D eigenvalue weighted by Gasteiger charge is -2.33. The number of morpholine rings is 1. The molecule has 0 radical (unpaired) electrons. The van der Waals surface area contributed by atoms with E-state index in [4.69, 9.17) is 10.5 Å². The summed E-state index contributed by atoms with van der Waals surface area (Å²) < 4.78 is 5.74. The largest absolute Gasteiger partial charge is 0.382 e. The van der Waals surface area contributed by atoms with Crippen molar-refractivity contribution < 1.29 is 9.53 Å². The Balaban J connectivity index is 1.58. The number of carbonyl (C=O) groups excluding carboxylic acids is 1. The summed E-state index contributed by atoms with van der Waals surface area (Å²) in [6.07, 6.45) is 4.48. The van der Waals surface area contributed by atoms with Crippen LogP contribution in [0.5, 0.6) is 0 Å². The van der Waals surface area contributed by atoms with Crippen LogP contribution in [-0.4, -0.2) is 45.5 Å². The van der Waals surface area contributed by atoms with Gasteiger partial charge < -0.3 is 15.4 Å². The summed E-state index contributed by atoms with van der Waals surface area (Å²) in [5, 5.41) is 0.941. The Hall–Kier alpha value is -3.06. The molecule has 4 rings (SSSR count). The molecule has 1 aliphatic rings. The maximum absolute atomic E-state index is 12.9. The molecule has 3 heterocycles. The van der Waals surface area contributed by atoms with E-state index in [1.165, 1.54) is 6.20 Å². The molecule has 0 aliphatic carbocycles. The molecule has 1 aliphatic heterocycles. The van der Waals surface area contributed by atoms with Crippen molar-refractivity contribution in [1.82, 2.24) is 19.9 Å². The summed E-state index contributed by atoms with van der Waals surface area (Å²) >= 11 is 0. The lowest BCUT2D eigenvalue weighted by atomic mass is 10.1. The molecule has 7 nitrogen and oxygen atoms in total. The Morgan fingerprint density at radius 1 is 1.16 bits per heavy atom. The Morgan fingerprint density at radius 3 is 2.92 bits per heavy atom. The van der Waals surface area contributed by atoms with Gasteiger partial charge in [0.15, 0.2) is 0 Å². The highest BCUT2D eigenvalue weighted by atomic mass is 16.5. The summed E-state index contributed by atoms with van der Waals surface area (Å²) in [5.41, 5.74) is 7.95. The SMILES string of the molecule is Nc1nccnc1[C@@H]1CN(C(=O)c2ccc3ncccc3c2)CCO1. The fraction of sp³-hybridized carbons (Fsp3) is 0.222. The fourth-order valence-electron chi connectivity index (χ4n) is 3.00. The molecule has 25 heavy (non-hydrogen) atoms. The van der Waals surface area contributed by atoms with Crippen LogP contribution in [0.2, 0.25) is 0 Å². The second-order valence-electron chi connectivity index (χ2n) is 5.85. The molecule has 2 aromatic heterocycles. The van der Waals surface area contributed by atoms with Crippen LogP contribution in [0.25, 0.3) is 10.9 Å². The van der Waals surface area contributed by atoms with Crippen LogP contribution in [0.3, 0.4) is 0 Å². The van der Waals surface area contributed by atoms with Crippen molar-refractivity contribution >= 4 is 22.6 Å². The van der Waals surface area contributed by atoms with Gasteiger partial charge in [-0.05, 0) is 24.3 Å². The molecular weight excluding hydrogens is 318 g/mol. The van der Waals surface area contributed by atoms with Crippen molar-refractivity contribution in [2.75, 3.05) is 25.4 Å².